The number of carbonyl (C=O) groups excluding carboxylic acids is 1. The Kier molecular flexibility index (Phi) is 4.15. The summed E-state index contributed by atoms with van der Waals surface area (Å²) in [5.41, 5.74) is 6.25. The maximum atomic E-state index is 12.1. The first-order chi connectivity index (χ1) is 8.20. The van der Waals surface area contributed by atoms with Crippen molar-refractivity contribution in [3.05, 3.63) is 34.9 Å². The van der Waals surface area contributed by atoms with Gasteiger partial charge in [0.05, 0.1) is 11.6 Å². The van der Waals surface area contributed by atoms with Gasteiger partial charge < -0.3 is 5.73 Å². The zero-order valence-electron chi connectivity index (χ0n) is 9.73. The Morgan fingerprint density at radius 2 is 2.24 bits per heavy atom. The molecular formula is C13H17ClN2O. The van der Waals surface area contributed by atoms with E-state index >= 15 is 0 Å². The molecule has 1 aliphatic heterocycles. The van der Waals surface area contributed by atoms with Gasteiger partial charge in [0.1, 0.15) is 0 Å². The molecule has 0 radical (unpaired) electrons. The lowest BCUT2D eigenvalue weighted by Crippen LogP contribution is -2.29. The Morgan fingerprint density at radius 1 is 1.47 bits per heavy atom. The summed E-state index contributed by atoms with van der Waals surface area (Å²) in [4.78, 5) is 14.2. The Hall–Kier alpha value is -0.900. The van der Waals surface area contributed by atoms with Crippen molar-refractivity contribution in [3.8, 4) is 0 Å². The molecule has 17 heavy (non-hydrogen) atoms. The topological polar surface area (TPSA) is 46.3 Å². The number of Topliss-reactive ketones (excluding diaryl/α,β-unsaturated/α-hetero) is 1. The molecule has 92 valence electrons. The van der Waals surface area contributed by atoms with Crippen molar-refractivity contribution in [2.24, 2.45) is 11.7 Å². The predicted molar refractivity (Wildman–Crippen MR) is 69.4 cm³/mol. The summed E-state index contributed by atoms with van der Waals surface area (Å²) in [5, 5.41) is 0.534. The van der Waals surface area contributed by atoms with Crippen molar-refractivity contribution in [1.29, 1.82) is 0 Å². The van der Waals surface area contributed by atoms with Crippen molar-refractivity contribution in [2.75, 3.05) is 26.2 Å². The van der Waals surface area contributed by atoms with Gasteiger partial charge in [0, 0.05) is 12.1 Å². The summed E-state index contributed by atoms with van der Waals surface area (Å²) < 4.78 is 0. The molecule has 4 heteroatoms. The van der Waals surface area contributed by atoms with Crippen LogP contribution in [0.3, 0.4) is 0 Å². The second kappa shape index (κ2) is 5.63. The number of likely N-dealkylation sites (tertiary alicyclic amines) is 1. The van der Waals surface area contributed by atoms with Crippen LogP contribution in [-0.2, 0) is 0 Å². The van der Waals surface area contributed by atoms with Gasteiger partial charge in [-0.2, -0.15) is 0 Å². The lowest BCUT2D eigenvalue weighted by molar-refractivity contribution is 0.0943. The highest BCUT2D eigenvalue weighted by Crippen LogP contribution is 2.18. The Morgan fingerprint density at radius 3 is 2.88 bits per heavy atom. The number of nitrogens with zero attached hydrogens (tertiary/aromatic N) is 1. The van der Waals surface area contributed by atoms with Crippen LogP contribution in [0.25, 0.3) is 0 Å². The maximum absolute atomic E-state index is 12.1. The van der Waals surface area contributed by atoms with Gasteiger partial charge >= 0.3 is 0 Å². The fourth-order valence-electron chi connectivity index (χ4n) is 2.22. The zero-order valence-corrected chi connectivity index (χ0v) is 10.5. The van der Waals surface area contributed by atoms with Gasteiger partial charge in [-0.1, -0.05) is 23.7 Å². The quantitative estimate of drug-likeness (QED) is 0.832. The second-order valence-electron chi connectivity index (χ2n) is 4.53. The average Bonchev–Trinajstić information content (AvgIpc) is 2.77. The van der Waals surface area contributed by atoms with E-state index in [-0.39, 0.29) is 5.78 Å². The van der Waals surface area contributed by atoms with Gasteiger partial charge in [0.15, 0.2) is 5.78 Å². The van der Waals surface area contributed by atoms with E-state index in [1.807, 2.05) is 12.1 Å². The molecule has 1 saturated heterocycles. The number of halogens is 1. The molecule has 0 spiro atoms. The van der Waals surface area contributed by atoms with E-state index in [0.717, 1.165) is 19.5 Å². The minimum Gasteiger partial charge on any atom is -0.330 e. The van der Waals surface area contributed by atoms with E-state index in [4.69, 9.17) is 17.3 Å². The van der Waals surface area contributed by atoms with Crippen molar-refractivity contribution in [1.82, 2.24) is 4.90 Å². The fourth-order valence-corrected chi connectivity index (χ4v) is 2.47. The molecule has 1 heterocycles. The van der Waals surface area contributed by atoms with Crippen LogP contribution in [0.5, 0.6) is 0 Å². The van der Waals surface area contributed by atoms with Gasteiger partial charge in [-0.15, -0.1) is 0 Å². The van der Waals surface area contributed by atoms with Gasteiger partial charge in [-0.3, -0.25) is 9.69 Å². The Labute approximate surface area is 107 Å². The van der Waals surface area contributed by atoms with Gasteiger partial charge in [0.2, 0.25) is 0 Å². The lowest BCUT2D eigenvalue weighted by atomic mass is 10.1. The molecule has 1 aromatic carbocycles. The average molecular weight is 253 g/mol. The summed E-state index contributed by atoms with van der Waals surface area (Å²) in [6.45, 7) is 3.03. The van der Waals surface area contributed by atoms with E-state index in [1.54, 1.807) is 12.1 Å². The van der Waals surface area contributed by atoms with Crippen LogP contribution in [0.15, 0.2) is 24.3 Å². The maximum Gasteiger partial charge on any atom is 0.178 e. The van der Waals surface area contributed by atoms with Crippen LogP contribution < -0.4 is 5.73 Å². The monoisotopic (exact) mass is 252 g/mol. The number of nitrogens with two attached hydrogens (primary N) is 1. The van der Waals surface area contributed by atoms with Crippen molar-refractivity contribution in [2.45, 2.75) is 6.42 Å². The fraction of sp³-hybridized carbons (Fsp3) is 0.462. The number of rotatable bonds is 4. The van der Waals surface area contributed by atoms with Crippen LogP contribution in [0, 0.1) is 5.92 Å². The zero-order chi connectivity index (χ0) is 12.3. The van der Waals surface area contributed by atoms with E-state index in [9.17, 15) is 4.79 Å². The van der Waals surface area contributed by atoms with Gasteiger partial charge in [0.25, 0.3) is 0 Å². The van der Waals surface area contributed by atoms with E-state index < -0.39 is 0 Å². The first kappa shape index (κ1) is 12.6. The van der Waals surface area contributed by atoms with Crippen LogP contribution in [0.2, 0.25) is 5.02 Å². The Bertz CT molecular complexity index is 408. The van der Waals surface area contributed by atoms with Crippen molar-refractivity contribution >= 4 is 17.4 Å². The number of benzene rings is 1. The molecular weight excluding hydrogens is 236 g/mol. The second-order valence-corrected chi connectivity index (χ2v) is 4.94. The van der Waals surface area contributed by atoms with Gasteiger partial charge in [-0.25, -0.2) is 0 Å². The molecule has 0 amide bonds. The normalized spacial score (nSPS) is 20.7. The van der Waals surface area contributed by atoms with E-state index in [2.05, 4.69) is 4.90 Å². The molecule has 3 nitrogen and oxygen atoms in total. The summed E-state index contributed by atoms with van der Waals surface area (Å²) in [6, 6.07) is 7.20. The number of carbonyl (C=O) groups is 1. The molecule has 1 fully saturated rings. The molecule has 0 bridgehead atoms. The van der Waals surface area contributed by atoms with E-state index in [0.29, 0.717) is 29.6 Å². The highest BCUT2D eigenvalue weighted by molar-refractivity contribution is 6.34. The minimum absolute atomic E-state index is 0.0910. The summed E-state index contributed by atoms with van der Waals surface area (Å²) in [7, 11) is 0. The van der Waals surface area contributed by atoms with E-state index in [1.165, 1.54) is 0 Å². The lowest BCUT2D eigenvalue weighted by Gasteiger charge is -2.14. The molecule has 1 atom stereocenters. The molecule has 1 aliphatic rings. The molecule has 0 saturated carbocycles. The Balaban J connectivity index is 1.96. The molecule has 0 aliphatic carbocycles. The molecule has 2 N–H and O–H groups in total. The summed E-state index contributed by atoms with van der Waals surface area (Å²) in [6.07, 6.45) is 1.09. The highest BCUT2D eigenvalue weighted by Gasteiger charge is 2.23. The SMILES string of the molecule is NCC1CCN(CC(=O)c2ccccc2Cl)C1. The molecule has 1 aromatic rings. The third kappa shape index (κ3) is 3.06. The first-order valence-corrected chi connectivity index (χ1v) is 6.28. The van der Waals surface area contributed by atoms with Crippen molar-refractivity contribution < 1.29 is 4.79 Å². The first-order valence-electron chi connectivity index (χ1n) is 5.91. The van der Waals surface area contributed by atoms with Crippen LogP contribution >= 0.6 is 11.6 Å². The smallest absolute Gasteiger partial charge is 0.178 e. The highest BCUT2D eigenvalue weighted by atomic mass is 35.5. The third-order valence-corrected chi connectivity index (χ3v) is 3.57. The number of hydrogen-bond acceptors (Lipinski definition) is 3. The standard InChI is InChI=1S/C13H17ClN2O/c14-12-4-2-1-3-11(12)13(17)9-16-6-5-10(7-15)8-16/h1-4,10H,5-9,15H2. The third-order valence-electron chi connectivity index (χ3n) is 3.24. The van der Waals surface area contributed by atoms with Crippen LogP contribution in [-0.4, -0.2) is 36.9 Å². The summed E-state index contributed by atoms with van der Waals surface area (Å²) >= 11 is 6.00. The van der Waals surface area contributed by atoms with Gasteiger partial charge in [-0.05, 0) is 37.6 Å². The van der Waals surface area contributed by atoms with Crippen LogP contribution in [0.1, 0.15) is 16.8 Å². The molecule has 2 rings (SSSR count). The van der Waals surface area contributed by atoms with Crippen molar-refractivity contribution in [3.63, 3.8) is 0 Å². The number of ketones is 1. The summed E-state index contributed by atoms with van der Waals surface area (Å²) in [5.74, 6) is 0.627. The molecule has 1 unspecified atom stereocenters. The van der Waals surface area contributed by atoms with Crippen LogP contribution in [0.4, 0.5) is 0 Å². The minimum atomic E-state index is 0.0910. The molecule has 0 aromatic heterocycles. The largest absolute Gasteiger partial charge is 0.330 e. The number of hydrogen-bond donors (Lipinski definition) is 1. The predicted octanol–water partition coefficient (Wildman–Crippen LogP) is 1.80.